The summed E-state index contributed by atoms with van der Waals surface area (Å²) in [5, 5.41) is 1.82. The van der Waals surface area contributed by atoms with Crippen molar-refractivity contribution in [2.24, 2.45) is 4.99 Å². The summed E-state index contributed by atoms with van der Waals surface area (Å²) in [7, 11) is 6.13. The summed E-state index contributed by atoms with van der Waals surface area (Å²) < 4.78 is 0. The fraction of sp³-hybridized carbons (Fsp3) is 0.409. The van der Waals surface area contributed by atoms with E-state index in [9.17, 15) is 0 Å². The van der Waals surface area contributed by atoms with Crippen molar-refractivity contribution in [2.75, 3.05) is 26.0 Å². The van der Waals surface area contributed by atoms with Crippen molar-refractivity contribution in [1.29, 1.82) is 0 Å². The Hall–Kier alpha value is -2.53. The summed E-state index contributed by atoms with van der Waals surface area (Å²) in [4.78, 5) is 16.1. The van der Waals surface area contributed by atoms with E-state index in [-0.39, 0.29) is 5.54 Å². The molecule has 2 heterocycles. The van der Waals surface area contributed by atoms with Gasteiger partial charge in [-0.25, -0.2) is 14.9 Å². The third-order valence-electron chi connectivity index (χ3n) is 5.63. The highest BCUT2D eigenvalue weighted by molar-refractivity contribution is 5.82. The number of hydroxylamine groups is 2. The van der Waals surface area contributed by atoms with E-state index < -0.39 is 5.72 Å². The maximum absolute atomic E-state index is 6.49. The Morgan fingerprint density at radius 3 is 2.33 bits per heavy atom. The molecule has 0 aromatic heterocycles. The van der Waals surface area contributed by atoms with E-state index in [1.165, 1.54) is 11.3 Å². The summed E-state index contributed by atoms with van der Waals surface area (Å²) in [5.41, 5.74) is 3.82. The molecular formula is C22H28N4O. The van der Waals surface area contributed by atoms with Gasteiger partial charge >= 0.3 is 0 Å². The first-order valence-corrected chi connectivity index (χ1v) is 9.41. The van der Waals surface area contributed by atoms with Crippen molar-refractivity contribution >= 4 is 17.3 Å². The molecule has 2 aromatic rings. The van der Waals surface area contributed by atoms with Crippen LogP contribution < -0.4 is 4.90 Å². The third kappa shape index (κ3) is 2.77. The number of hydrogen-bond acceptors (Lipinski definition) is 5. The van der Waals surface area contributed by atoms with Crippen LogP contribution in [0.3, 0.4) is 0 Å². The fourth-order valence-corrected chi connectivity index (χ4v) is 3.85. The molecule has 1 unspecified atom stereocenters. The molecule has 0 amide bonds. The SMILES string of the molecule is CN1OC2(Cc3ccccc3N(C)c3ccccc32)N=C1N(C)C(C)(C)C. The number of aliphatic imine (C=N–C) groups is 1. The van der Waals surface area contributed by atoms with Crippen molar-refractivity contribution in [3.05, 3.63) is 59.7 Å². The average molecular weight is 364 g/mol. The van der Waals surface area contributed by atoms with Crippen LogP contribution in [-0.2, 0) is 17.0 Å². The second-order valence-electron chi connectivity index (χ2n) is 8.40. The quantitative estimate of drug-likeness (QED) is 0.703. The normalized spacial score (nSPS) is 21.6. The van der Waals surface area contributed by atoms with E-state index in [0.717, 1.165) is 17.2 Å². The van der Waals surface area contributed by atoms with Gasteiger partial charge in [-0.3, -0.25) is 0 Å². The van der Waals surface area contributed by atoms with Crippen molar-refractivity contribution in [2.45, 2.75) is 38.5 Å². The van der Waals surface area contributed by atoms with E-state index in [1.54, 1.807) is 0 Å². The zero-order valence-electron chi connectivity index (χ0n) is 17.0. The van der Waals surface area contributed by atoms with Crippen LogP contribution in [0.5, 0.6) is 0 Å². The second kappa shape index (κ2) is 5.99. The predicted octanol–water partition coefficient (Wildman–Crippen LogP) is 4.13. The first-order chi connectivity index (χ1) is 12.7. The smallest absolute Gasteiger partial charge is 0.224 e. The van der Waals surface area contributed by atoms with Crippen LogP contribution in [0.4, 0.5) is 11.4 Å². The predicted molar refractivity (Wildman–Crippen MR) is 110 cm³/mol. The number of fused-ring (bicyclic) bond motifs is 3. The number of rotatable bonds is 0. The highest BCUT2D eigenvalue weighted by Gasteiger charge is 2.47. The molecule has 0 N–H and O–H groups in total. The topological polar surface area (TPSA) is 31.3 Å². The molecule has 27 heavy (non-hydrogen) atoms. The minimum atomic E-state index is -0.763. The van der Waals surface area contributed by atoms with Crippen LogP contribution in [0, 0.1) is 0 Å². The average Bonchev–Trinajstić information content (AvgIpc) is 2.92. The molecule has 2 aromatic carbocycles. The van der Waals surface area contributed by atoms with Gasteiger partial charge < -0.3 is 9.80 Å². The Balaban J connectivity index is 1.92. The molecule has 2 aliphatic rings. The van der Waals surface area contributed by atoms with Gasteiger partial charge in [0, 0.05) is 50.0 Å². The van der Waals surface area contributed by atoms with Crippen molar-refractivity contribution < 1.29 is 4.84 Å². The lowest BCUT2D eigenvalue weighted by Crippen LogP contribution is -2.47. The van der Waals surface area contributed by atoms with Crippen LogP contribution in [0.1, 0.15) is 31.9 Å². The lowest BCUT2D eigenvalue weighted by atomic mass is 9.95. The Bertz CT molecular complexity index is 901. The number of para-hydroxylation sites is 2. The molecule has 1 atom stereocenters. The Morgan fingerprint density at radius 1 is 1.00 bits per heavy atom. The number of guanidine groups is 1. The lowest BCUT2D eigenvalue weighted by molar-refractivity contribution is -0.175. The van der Waals surface area contributed by atoms with Crippen LogP contribution in [0.2, 0.25) is 0 Å². The van der Waals surface area contributed by atoms with Crippen LogP contribution in [-0.4, -0.2) is 42.6 Å². The minimum absolute atomic E-state index is 0.0546. The second-order valence-corrected chi connectivity index (χ2v) is 8.40. The lowest BCUT2D eigenvalue weighted by Gasteiger charge is -2.35. The number of benzene rings is 2. The van der Waals surface area contributed by atoms with E-state index in [0.29, 0.717) is 6.42 Å². The van der Waals surface area contributed by atoms with Gasteiger partial charge in [-0.2, -0.15) is 0 Å². The minimum Gasteiger partial charge on any atom is -0.344 e. The Morgan fingerprint density at radius 2 is 1.63 bits per heavy atom. The largest absolute Gasteiger partial charge is 0.344 e. The van der Waals surface area contributed by atoms with Gasteiger partial charge in [-0.1, -0.05) is 36.4 Å². The summed E-state index contributed by atoms with van der Waals surface area (Å²) in [6.07, 6.45) is 0.691. The van der Waals surface area contributed by atoms with E-state index in [1.807, 2.05) is 12.1 Å². The monoisotopic (exact) mass is 364 g/mol. The molecule has 142 valence electrons. The molecule has 5 heteroatoms. The van der Waals surface area contributed by atoms with Crippen LogP contribution >= 0.6 is 0 Å². The molecule has 0 radical (unpaired) electrons. The maximum Gasteiger partial charge on any atom is 0.224 e. The maximum atomic E-state index is 6.49. The Kier molecular flexibility index (Phi) is 3.96. The zero-order valence-corrected chi connectivity index (χ0v) is 17.0. The zero-order chi connectivity index (χ0) is 19.4. The van der Waals surface area contributed by atoms with Crippen molar-refractivity contribution in [3.63, 3.8) is 0 Å². The molecule has 0 aliphatic carbocycles. The van der Waals surface area contributed by atoms with Gasteiger partial charge in [0.2, 0.25) is 11.7 Å². The van der Waals surface area contributed by atoms with Gasteiger partial charge in [0.25, 0.3) is 0 Å². The van der Waals surface area contributed by atoms with Gasteiger partial charge in [-0.15, -0.1) is 0 Å². The molecule has 0 saturated heterocycles. The highest BCUT2D eigenvalue weighted by Crippen LogP contribution is 2.47. The third-order valence-corrected chi connectivity index (χ3v) is 5.63. The first-order valence-electron chi connectivity index (χ1n) is 9.41. The highest BCUT2D eigenvalue weighted by atomic mass is 16.7. The summed E-state index contributed by atoms with van der Waals surface area (Å²) in [6.45, 7) is 6.54. The number of anilines is 2. The molecule has 5 nitrogen and oxygen atoms in total. The van der Waals surface area contributed by atoms with E-state index in [4.69, 9.17) is 9.83 Å². The van der Waals surface area contributed by atoms with Crippen LogP contribution in [0.15, 0.2) is 53.5 Å². The van der Waals surface area contributed by atoms with Crippen molar-refractivity contribution in [1.82, 2.24) is 9.96 Å². The molecule has 0 bridgehead atoms. The molecular weight excluding hydrogens is 336 g/mol. The number of nitrogens with zero attached hydrogens (tertiary/aromatic N) is 4. The first kappa shape index (κ1) is 17.9. The molecule has 4 rings (SSSR count). The van der Waals surface area contributed by atoms with Gasteiger partial charge in [0.05, 0.1) is 0 Å². The number of hydrogen-bond donors (Lipinski definition) is 0. The molecule has 1 spiro atoms. The fourth-order valence-electron chi connectivity index (χ4n) is 3.85. The van der Waals surface area contributed by atoms with Gasteiger partial charge in [0.1, 0.15) is 0 Å². The molecule has 2 aliphatic heterocycles. The molecule has 0 fully saturated rings. The van der Waals surface area contributed by atoms with Gasteiger partial charge in [0.15, 0.2) is 0 Å². The Labute approximate surface area is 161 Å². The van der Waals surface area contributed by atoms with Gasteiger partial charge in [-0.05, 0) is 38.5 Å². The molecule has 0 saturated carbocycles. The van der Waals surface area contributed by atoms with Crippen molar-refractivity contribution in [3.8, 4) is 0 Å². The summed E-state index contributed by atoms with van der Waals surface area (Å²) in [5.74, 6) is 0.847. The van der Waals surface area contributed by atoms with E-state index in [2.05, 4.69) is 93.2 Å². The van der Waals surface area contributed by atoms with E-state index >= 15 is 0 Å². The summed E-state index contributed by atoms with van der Waals surface area (Å²) >= 11 is 0. The van der Waals surface area contributed by atoms with Crippen LogP contribution in [0.25, 0.3) is 0 Å². The standard InChI is InChI=1S/C22H28N4O/c1-21(2,3)25(5)20-23-22(27-26(20)6)15-16-11-7-9-13-18(16)24(4)19-14-10-8-12-17(19)22/h7-14H,15H2,1-6H3. The summed E-state index contributed by atoms with van der Waals surface area (Å²) in [6, 6.07) is 16.9.